The Morgan fingerprint density at radius 1 is 1.10 bits per heavy atom. The van der Waals surface area contributed by atoms with E-state index in [0.29, 0.717) is 18.0 Å². The first-order valence-corrected chi connectivity index (χ1v) is 14.2. The van der Waals surface area contributed by atoms with E-state index in [9.17, 15) is 9.59 Å². The van der Waals surface area contributed by atoms with E-state index in [-0.39, 0.29) is 12.3 Å². The van der Waals surface area contributed by atoms with Gasteiger partial charge in [0.15, 0.2) is 5.82 Å². The second kappa shape index (κ2) is 11.7. The molecule has 0 spiro atoms. The summed E-state index contributed by atoms with van der Waals surface area (Å²) in [5.74, 6) is 0.923. The van der Waals surface area contributed by atoms with Gasteiger partial charge in [-0.3, -0.25) is 9.59 Å². The maximum atomic E-state index is 11.9. The molecule has 2 aromatic heterocycles. The highest BCUT2D eigenvalue weighted by molar-refractivity contribution is 5.97. The number of likely N-dealkylation sites (tertiary alicyclic amines) is 1. The van der Waals surface area contributed by atoms with Crippen LogP contribution in [0.5, 0.6) is 0 Å². The number of rotatable bonds is 9. The van der Waals surface area contributed by atoms with E-state index in [1.165, 1.54) is 12.8 Å². The van der Waals surface area contributed by atoms with Gasteiger partial charge in [-0.05, 0) is 68.4 Å². The quantitative estimate of drug-likeness (QED) is 0.423. The minimum Gasteiger partial charge on any atom is -0.359 e. The highest BCUT2D eigenvalue weighted by atomic mass is 16.2. The predicted molar refractivity (Wildman–Crippen MR) is 155 cm³/mol. The Labute approximate surface area is 231 Å². The molecule has 9 heteroatoms. The fourth-order valence-electron chi connectivity index (χ4n) is 6.21. The van der Waals surface area contributed by atoms with Gasteiger partial charge in [0.2, 0.25) is 12.3 Å². The fourth-order valence-corrected chi connectivity index (χ4v) is 6.21. The Morgan fingerprint density at radius 2 is 1.87 bits per heavy atom. The molecule has 3 aromatic rings. The number of carbonyl (C=O) groups is 2. The van der Waals surface area contributed by atoms with Gasteiger partial charge in [0, 0.05) is 70.4 Å². The van der Waals surface area contributed by atoms with Gasteiger partial charge in [-0.2, -0.15) is 5.10 Å². The van der Waals surface area contributed by atoms with Crippen molar-refractivity contribution >= 4 is 34.7 Å². The van der Waals surface area contributed by atoms with Crippen molar-refractivity contribution < 1.29 is 9.59 Å². The monoisotopic (exact) mass is 531 g/mol. The summed E-state index contributed by atoms with van der Waals surface area (Å²) in [4.78, 5) is 30.3. The lowest BCUT2D eigenvalue weighted by atomic mass is 9.79. The SMILES string of the molecule is CNC(=O)CCN(C=O)c1cccc2c1ccn2C1CCN(CC2(C)CCN(c3ccc(C)nn3)CC2)CC1. The second-order valence-electron chi connectivity index (χ2n) is 11.5. The van der Waals surface area contributed by atoms with E-state index in [2.05, 4.69) is 61.2 Å². The maximum absolute atomic E-state index is 11.9. The molecule has 0 bridgehead atoms. The molecule has 1 N–H and O–H groups in total. The summed E-state index contributed by atoms with van der Waals surface area (Å²) in [6, 6.07) is 12.8. The predicted octanol–water partition coefficient (Wildman–Crippen LogP) is 3.78. The summed E-state index contributed by atoms with van der Waals surface area (Å²) in [7, 11) is 1.62. The van der Waals surface area contributed by atoms with Crippen LogP contribution in [0.3, 0.4) is 0 Å². The van der Waals surface area contributed by atoms with Crippen LogP contribution >= 0.6 is 0 Å². The van der Waals surface area contributed by atoms with Crippen LogP contribution in [0.15, 0.2) is 42.6 Å². The second-order valence-corrected chi connectivity index (χ2v) is 11.5. The molecule has 9 nitrogen and oxygen atoms in total. The smallest absolute Gasteiger partial charge is 0.221 e. The zero-order valence-electron chi connectivity index (χ0n) is 23.5. The lowest BCUT2D eigenvalue weighted by Gasteiger charge is -2.44. The molecule has 2 aliphatic rings. The number of hydrogen-bond donors (Lipinski definition) is 1. The Morgan fingerprint density at radius 3 is 2.54 bits per heavy atom. The van der Waals surface area contributed by atoms with Crippen LogP contribution < -0.4 is 15.1 Å². The number of amides is 2. The number of aromatic nitrogens is 3. The van der Waals surface area contributed by atoms with Gasteiger partial charge in [0.05, 0.1) is 16.9 Å². The molecule has 2 saturated heterocycles. The van der Waals surface area contributed by atoms with Crippen molar-refractivity contribution in [3.63, 3.8) is 0 Å². The van der Waals surface area contributed by atoms with E-state index in [1.807, 2.05) is 25.1 Å². The number of fused-ring (bicyclic) bond motifs is 1. The zero-order valence-corrected chi connectivity index (χ0v) is 23.5. The third-order valence-electron chi connectivity index (χ3n) is 8.67. The third-order valence-corrected chi connectivity index (χ3v) is 8.67. The molecule has 0 atom stereocenters. The van der Waals surface area contributed by atoms with Gasteiger partial charge in [0.1, 0.15) is 0 Å². The number of hydrogen-bond acceptors (Lipinski definition) is 6. The van der Waals surface area contributed by atoms with Crippen molar-refractivity contribution in [2.24, 2.45) is 5.41 Å². The number of anilines is 2. The van der Waals surface area contributed by atoms with Crippen LogP contribution in [0.25, 0.3) is 10.9 Å². The van der Waals surface area contributed by atoms with Crippen LogP contribution in [0, 0.1) is 12.3 Å². The molecule has 0 unspecified atom stereocenters. The Kier molecular flexibility index (Phi) is 8.16. The van der Waals surface area contributed by atoms with Crippen molar-refractivity contribution in [3.8, 4) is 0 Å². The van der Waals surface area contributed by atoms with Crippen molar-refractivity contribution in [2.75, 3.05) is 56.1 Å². The van der Waals surface area contributed by atoms with Gasteiger partial charge in [-0.25, -0.2) is 0 Å². The van der Waals surface area contributed by atoms with Crippen LogP contribution in [-0.2, 0) is 9.59 Å². The van der Waals surface area contributed by atoms with Crippen molar-refractivity contribution in [1.82, 2.24) is 25.0 Å². The molecule has 208 valence electrons. The average Bonchev–Trinajstić information content (AvgIpc) is 3.39. The van der Waals surface area contributed by atoms with Gasteiger partial charge in [0.25, 0.3) is 0 Å². The average molecular weight is 532 g/mol. The number of carbonyl (C=O) groups excluding carboxylic acids is 2. The zero-order chi connectivity index (χ0) is 27.4. The molecule has 0 saturated carbocycles. The first-order valence-electron chi connectivity index (χ1n) is 14.2. The van der Waals surface area contributed by atoms with E-state index < -0.39 is 0 Å². The van der Waals surface area contributed by atoms with Crippen molar-refractivity contribution in [1.29, 1.82) is 0 Å². The van der Waals surface area contributed by atoms with Crippen LogP contribution in [0.4, 0.5) is 11.5 Å². The summed E-state index contributed by atoms with van der Waals surface area (Å²) in [6.07, 6.45) is 7.84. The molecule has 0 aliphatic carbocycles. The molecule has 39 heavy (non-hydrogen) atoms. The largest absolute Gasteiger partial charge is 0.359 e. The van der Waals surface area contributed by atoms with E-state index in [0.717, 1.165) is 80.1 Å². The van der Waals surface area contributed by atoms with Crippen molar-refractivity contribution in [3.05, 3.63) is 48.3 Å². The van der Waals surface area contributed by atoms with Crippen LogP contribution in [-0.4, -0.2) is 78.3 Å². The number of piperidine rings is 2. The normalized spacial score (nSPS) is 18.3. The summed E-state index contributed by atoms with van der Waals surface area (Å²) < 4.78 is 2.39. The summed E-state index contributed by atoms with van der Waals surface area (Å²) in [5, 5.41) is 12.3. The third kappa shape index (κ3) is 6.08. The first kappa shape index (κ1) is 27.1. The van der Waals surface area contributed by atoms with Crippen LogP contribution in [0.1, 0.15) is 50.8 Å². The van der Waals surface area contributed by atoms with Gasteiger partial charge in [-0.15, -0.1) is 5.10 Å². The summed E-state index contributed by atoms with van der Waals surface area (Å²) in [6.45, 7) is 10.2. The topological polar surface area (TPSA) is 86.6 Å². The molecular weight excluding hydrogens is 490 g/mol. The van der Waals surface area contributed by atoms with Gasteiger partial charge >= 0.3 is 0 Å². The Balaban J connectivity index is 1.18. The lowest BCUT2D eigenvalue weighted by Crippen LogP contribution is -2.47. The standard InChI is InChI=1S/C30H41N7O2/c1-23-7-8-28(33-32-23)35-19-13-30(2,14-20-35)21-34-15-9-24(10-16-34)37-18-11-25-26(5-4-6-27(25)37)36(22-38)17-12-29(39)31-3/h4-8,11,18,22,24H,9-10,12-17,19-21H2,1-3H3,(H,31,39). The lowest BCUT2D eigenvalue weighted by molar-refractivity contribution is -0.120. The van der Waals surface area contributed by atoms with E-state index in [4.69, 9.17) is 0 Å². The summed E-state index contributed by atoms with van der Waals surface area (Å²) in [5.41, 5.74) is 3.29. The number of nitrogens with one attached hydrogen (secondary N) is 1. The van der Waals surface area contributed by atoms with Crippen molar-refractivity contribution in [2.45, 2.75) is 52.0 Å². The molecule has 4 heterocycles. The highest BCUT2D eigenvalue weighted by Gasteiger charge is 2.34. The maximum Gasteiger partial charge on any atom is 0.221 e. The van der Waals surface area contributed by atoms with Crippen LogP contribution in [0.2, 0.25) is 0 Å². The molecular formula is C30H41N7O2. The number of aryl methyl sites for hydroxylation is 1. The molecule has 5 rings (SSSR count). The molecule has 2 amide bonds. The number of nitrogens with zero attached hydrogens (tertiary/aromatic N) is 6. The van der Waals surface area contributed by atoms with E-state index >= 15 is 0 Å². The Hall–Kier alpha value is -3.46. The Bertz CT molecular complexity index is 1270. The molecule has 1 aromatic carbocycles. The first-order chi connectivity index (χ1) is 18.9. The minimum atomic E-state index is -0.0710. The highest BCUT2D eigenvalue weighted by Crippen LogP contribution is 2.36. The number of benzene rings is 1. The fraction of sp³-hybridized carbons (Fsp3) is 0.533. The molecule has 2 aliphatic heterocycles. The van der Waals surface area contributed by atoms with Gasteiger partial charge in [-0.1, -0.05) is 13.0 Å². The van der Waals surface area contributed by atoms with E-state index in [1.54, 1.807) is 11.9 Å². The van der Waals surface area contributed by atoms with Gasteiger partial charge < -0.3 is 24.6 Å². The molecule has 0 radical (unpaired) electrons. The molecule has 2 fully saturated rings. The minimum absolute atomic E-state index is 0.0710. The summed E-state index contributed by atoms with van der Waals surface area (Å²) >= 11 is 0.